The SMILES string of the molecule is Cc1[cH-]c2ccc(C(C)C)cc2c1[Si](C)(C)c1c(C)[cH-]c2ccc(C(C)C)cc12.Oc1ccc(C(F)(F)F)cc1.Oc1ccc(C(F)(F)F)cc1.[Zr+2]. The van der Waals surface area contributed by atoms with Crippen molar-refractivity contribution in [2.45, 2.75) is 78.8 Å². The molecule has 2 nitrogen and oxygen atoms in total. The van der Waals surface area contributed by atoms with Gasteiger partial charge in [0.1, 0.15) is 11.5 Å². The zero-order valence-corrected chi connectivity index (χ0v) is 34.0. The van der Waals surface area contributed by atoms with Crippen molar-refractivity contribution < 1.29 is 62.8 Å². The molecule has 10 heteroatoms. The molecule has 0 aliphatic heterocycles. The molecule has 0 amide bonds. The van der Waals surface area contributed by atoms with Gasteiger partial charge in [-0.1, -0.05) is 65.8 Å². The Kier molecular flexibility index (Phi) is 13.7. The molecular formula is C42H44F6O2SiZr. The average molecular weight is 814 g/mol. The zero-order valence-electron chi connectivity index (χ0n) is 30.6. The Labute approximate surface area is 322 Å². The summed E-state index contributed by atoms with van der Waals surface area (Å²) in [6.45, 7) is 18.9. The van der Waals surface area contributed by atoms with Gasteiger partial charge in [-0.3, -0.25) is 0 Å². The van der Waals surface area contributed by atoms with E-state index in [0.29, 0.717) is 11.8 Å². The molecular weight excluding hydrogens is 770 g/mol. The van der Waals surface area contributed by atoms with E-state index in [0.717, 1.165) is 48.5 Å². The molecule has 0 unspecified atom stereocenters. The first-order valence-corrected chi connectivity index (χ1v) is 19.7. The van der Waals surface area contributed by atoms with Gasteiger partial charge in [0.25, 0.3) is 0 Å². The number of rotatable bonds is 4. The van der Waals surface area contributed by atoms with Crippen molar-refractivity contribution in [1.29, 1.82) is 0 Å². The minimum absolute atomic E-state index is 0. The van der Waals surface area contributed by atoms with Gasteiger partial charge in [0.2, 0.25) is 0 Å². The van der Waals surface area contributed by atoms with Crippen molar-refractivity contribution in [3.05, 3.63) is 130 Å². The third-order valence-electron chi connectivity index (χ3n) is 9.20. The number of aryl methyl sites for hydroxylation is 2. The number of alkyl halides is 6. The van der Waals surface area contributed by atoms with E-state index in [9.17, 15) is 26.3 Å². The zero-order chi connectivity index (χ0) is 38.1. The van der Waals surface area contributed by atoms with Gasteiger partial charge in [0.15, 0.2) is 0 Å². The number of hydrogen-bond acceptors (Lipinski definition) is 2. The van der Waals surface area contributed by atoms with Gasteiger partial charge in [0, 0.05) is 8.07 Å². The van der Waals surface area contributed by atoms with E-state index in [1.165, 1.54) is 43.8 Å². The summed E-state index contributed by atoms with van der Waals surface area (Å²) in [6, 6.07) is 26.4. The van der Waals surface area contributed by atoms with Crippen LogP contribution in [0.2, 0.25) is 13.1 Å². The molecule has 0 fully saturated rings. The second kappa shape index (κ2) is 16.6. The number of benzene rings is 4. The maximum Gasteiger partial charge on any atom is 2.00 e. The maximum atomic E-state index is 11.8. The van der Waals surface area contributed by atoms with E-state index in [2.05, 4.69) is 103 Å². The normalized spacial score (nSPS) is 12.0. The van der Waals surface area contributed by atoms with Gasteiger partial charge in [-0.15, -0.1) is 81.2 Å². The van der Waals surface area contributed by atoms with Gasteiger partial charge in [-0.2, -0.15) is 36.7 Å². The average Bonchev–Trinajstić information content (AvgIpc) is 3.56. The summed E-state index contributed by atoms with van der Waals surface area (Å²) in [6.07, 6.45) is -8.65. The van der Waals surface area contributed by atoms with Crippen LogP contribution in [0.3, 0.4) is 0 Å². The van der Waals surface area contributed by atoms with Crippen LogP contribution in [0.25, 0.3) is 21.5 Å². The van der Waals surface area contributed by atoms with Crippen LogP contribution < -0.4 is 10.4 Å². The third kappa shape index (κ3) is 9.87. The van der Waals surface area contributed by atoms with E-state index >= 15 is 0 Å². The number of fused-ring (bicyclic) bond motifs is 2. The van der Waals surface area contributed by atoms with Gasteiger partial charge < -0.3 is 10.2 Å². The summed E-state index contributed by atoms with van der Waals surface area (Å²) in [7, 11) is -1.88. The Morgan fingerprint density at radius 1 is 0.538 bits per heavy atom. The van der Waals surface area contributed by atoms with Gasteiger partial charge >= 0.3 is 38.6 Å². The second-order valence-corrected chi connectivity index (χ2v) is 18.4. The fourth-order valence-electron chi connectivity index (χ4n) is 6.67. The monoisotopic (exact) mass is 812 g/mol. The molecule has 0 bridgehead atoms. The maximum absolute atomic E-state index is 11.8. The molecule has 0 heterocycles. The van der Waals surface area contributed by atoms with E-state index in [1.54, 1.807) is 10.4 Å². The van der Waals surface area contributed by atoms with Crippen LogP contribution in [0.4, 0.5) is 26.3 Å². The van der Waals surface area contributed by atoms with Crippen LogP contribution in [0.15, 0.2) is 97.1 Å². The van der Waals surface area contributed by atoms with E-state index in [1.807, 2.05) is 0 Å². The Bertz CT molecular complexity index is 1940. The summed E-state index contributed by atoms with van der Waals surface area (Å²) in [4.78, 5) is 0. The molecule has 0 aliphatic carbocycles. The molecule has 0 saturated carbocycles. The molecule has 0 atom stereocenters. The molecule has 52 heavy (non-hydrogen) atoms. The van der Waals surface area contributed by atoms with E-state index in [-0.39, 0.29) is 37.7 Å². The molecule has 2 N–H and O–H groups in total. The fourth-order valence-corrected chi connectivity index (χ4v) is 10.8. The number of phenols is 2. The van der Waals surface area contributed by atoms with Crippen molar-refractivity contribution in [1.82, 2.24) is 0 Å². The number of phenolic OH excluding ortho intramolecular Hbond substituents is 2. The summed E-state index contributed by atoms with van der Waals surface area (Å²) in [5.74, 6) is 0.778. The number of aromatic hydroxyl groups is 2. The van der Waals surface area contributed by atoms with Crippen LogP contribution in [-0.4, -0.2) is 18.3 Å². The molecule has 6 aromatic carbocycles. The van der Waals surface area contributed by atoms with E-state index in [4.69, 9.17) is 10.2 Å². The largest absolute Gasteiger partial charge is 2.00 e. The Hall–Kier alpha value is -3.62. The van der Waals surface area contributed by atoms with Crippen LogP contribution in [-0.2, 0) is 38.6 Å². The fraction of sp³-hybridized carbons (Fsp3) is 0.286. The van der Waals surface area contributed by atoms with Gasteiger partial charge in [-0.05, 0) is 60.4 Å². The third-order valence-corrected chi connectivity index (χ3v) is 13.0. The predicted molar refractivity (Wildman–Crippen MR) is 200 cm³/mol. The number of hydrogen-bond donors (Lipinski definition) is 2. The summed E-state index contributed by atoms with van der Waals surface area (Å²) in [5, 5.41) is 26.3. The van der Waals surface area contributed by atoms with Crippen LogP contribution in [0, 0.1) is 13.8 Å². The standard InChI is InChI=1S/C28H34Si.2C7H5F3O.Zr/c1-17(2)21-9-11-23-13-19(5)27(25(23)15-21)29(7,8)28-20(6)14-24-12-10-22(18(3)4)16-26(24)28;2*8-7(9,10)5-1-3-6(11)4-2-5;/h9-18H,1-8H3;2*1-4,11H;/q-2;;;+2. The van der Waals surface area contributed by atoms with E-state index < -0.39 is 31.6 Å². The summed E-state index contributed by atoms with van der Waals surface area (Å²) in [5.41, 5.74) is 4.31. The second-order valence-electron chi connectivity index (χ2n) is 14.1. The molecule has 6 rings (SSSR count). The van der Waals surface area contributed by atoms with Crippen LogP contribution in [0.5, 0.6) is 11.5 Å². The first-order chi connectivity index (χ1) is 23.6. The van der Waals surface area contributed by atoms with Gasteiger partial charge in [-0.25, -0.2) is 0 Å². The Balaban J connectivity index is 0.000000260. The molecule has 0 saturated heterocycles. The smallest absolute Gasteiger partial charge is 0.508 e. The first-order valence-electron chi connectivity index (χ1n) is 16.7. The minimum atomic E-state index is -4.33. The molecule has 274 valence electrons. The summed E-state index contributed by atoms with van der Waals surface area (Å²) >= 11 is 0. The molecule has 0 spiro atoms. The molecule has 0 radical (unpaired) electrons. The molecule has 0 aliphatic rings. The molecule has 0 aromatic heterocycles. The number of halogens is 6. The van der Waals surface area contributed by atoms with Crippen molar-refractivity contribution in [2.75, 3.05) is 0 Å². The van der Waals surface area contributed by atoms with Crippen molar-refractivity contribution in [3.8, 4) is 11.5 Å². The quantitative estimate of drug-likeness (QED) is 0.106. The first kappa shape index (κ1) is 42.8. The predicted octanol–water partition coefficient (Wildman–Crippen LogP) is 11.9. The van der Waals surface area contributed by atoms with Crippen molar-refractivity contribution in [2.24, 2.45) is 0 Å². The Morgan fingerprint density at radius 2 is 0.846 bits per heavy atom. The molecule has 6 aromatic rings. The topological polar surface area (TPSA) is 40.5 Å². The minimum Gasteiger partial charge on any atom is -0.508 e. The van der Waals surface area contributed by atoms with Crippen molar-refractivity contribution in [3.63, 3.8) is 0 Å². The van der Waals surface area contributed by atoms with Gasteiger partial charge in [0.05, 0.1) is 11.1 Å². The summed E-state index contributed by atoms with van der Waals surface area (Å²) < 4.78 is 71.0. The Morgan fingerprint density at radius 3 is 1.12 bits per heavy atom. The van der Waals surface area contributed by atoms with Crippen LogP contribution >= 0.6 is 0 Å². The van der Waals surface area contributed by atoms with Crippen molar-refractivity contribution >= 4 is 40.0 Å². The van der Waals surface area contributed by atoms with Crippen LogP contribution in [0.1, 0.15) is 72.9 Å².